The molecule has 0 aromatic heterocycles. The largest absolute Gasteiger partial charge is 0.382 e. The number of hydrogen-bond donors (Lipinski definition) is 1. The van der Waals surface area contributed by atoms with Gasteiger partial charge in [0.25, 0.3) is 0 Å². The predicted octanol–water partition coefficient (Wildman–Crippen LogP) is 1.49. The van der Waals surface area contributed by atoms with E-state index in [2.05, 4.69) is 31.1 Å². The van der Waals surface area contributed by atoms with Crippen molar-refractivity contribution in [3.05, 3.63) is 0 Å². The summed E-state index contributed by atoms with van der Waals surface area (Å²) in [6, 6.07) is 0. The fourth-order valence-corrected chi connectivity index (χ4v) is 2.05. The van der Waals surface area contributed by atoms with Crippen molar-refractivity contribution in [2.45, 2.75) is 38.6 Å². The number of rotatable bonds is 6. The van der Waals surface area contributed by atoms with E-state index in [1.165, 1.54) is 38.9 Å². The van der Waals surface area contributed by atoms with Crippen molar-refractivity contribution < 1.29 is 4.74 Å². The summed E-state index contributed by atoms with van der Waals surface area (Å²) in [5.41, 5.74) is 0.371. The quantitative estimate of drug-likeness (QED) is 0.678. The third-order valence-electron chi connectivity index (χ3n) is 3.53. The Balaban J connectivity index is 2.09. The molecule has 0 spiro atoms. The number of nitrogens with zero attached hydrogens (tertiary/aromatic N) is 1. The zero-order valence-corrected chi connectivity index (χ0v) is 10.5. The lowest BCUT2D eigenvalue weighted by Crippen LogP contribution is -2.50. The third kappa shape index (κ3) is 4.49. The van der Waals surface area contributed by atoms with E-state index >= 15 is 0 Å². The van der Waals surface area contributed by atoms with Gasteiger partial charge in [0.2, 0.25) is 0 Å². The van der Waals surface area contributed by atoms with Crippen LogP contribution in [0.2, 0.25) is 0 Å². The number of hydrogen-bond acceptors (Lipinski definition) is 3. The van der Waals surface area contributed by atoms with Crippen LogP contribution in [0.3, 0.4) is 0 Å². The van der Waals surface area contributed by atoms with Crippen LogP contribution in [0.4, 0.5) is 0 Å². The molecule has 1 saturated heterocycles. The first-order valence-electron chi connectivity index (χ1n) is 6.19. The fourth-order valence-electron chi connectivity index (χ4n) is 2.05. The molecule has 0 unspecified atom stereocenters. The van der Waals surface area contributed by atoms with Gasteiger partial charge in [0.15, 0.2) is 0 Å². The van der Waals surface area contributed by atoms with Crippen LogP contribution in [0.15, 0.2) is 0 Å². The highest BCUT2D eigenvalue weighted by Crippen LogP contribution is 2.20. The van der Waals surface area contributed by atoms with Crippen LogP contribution < -0.4 is 5.32 Å². The second-order valence-electron chi connectivity index (χ2n) is 4.70. The topological polar surface area (TPSA) is 24.5 Å². The van der Waals surface area contributed by atoms with Gasteiger partial charge in [-0.15, -0.1) is 0 Å². The van der Waals surface area contributed by atoms with Crippen LogP contribution in [0, 0.1) is 0 Å². The van der Waals surface area contributed by atoms with Crippen molar-refractivity contribution in [2.75, 3.05) is 39.9 Å². The van der Waals surface area contributed by atoms with Crippen LogP contribution in [-0.2, 0) is 4.74 Å². The molecule has 0 aromatic carbocycles. The van der Waals surface area contributed by atoms with Gasteiger partial charge in [0, 0.05) is 25.3 Å². The summed E-state index contributed by atoms with van der Waals surface area (Å²) < 4.78 is 5.35. The molecule has 0 amide bonds. The molecule has 1 heterocycles. The Labute approximate surface area is 94.2 Å². The molecule has 0 radical (unpaired) electrons. The molecule has 0 atom stereocenters. The maximum Gasteiger partial charge on any atom is 0.0478 e. The number of nitrogens with one attached hydrogen (secondary N) is 1. The summed E-state index contributed by atoms with van der Waals surface area (Å²) in [7, 11) is 2.07. The average Bonchev–Trinajstić information content (AvgIpc) is 2.27. The Kier molecular flexibility index (Phi) is 5.58. The highest BCUT2D eigenvalue weighted by Gasteiger charge is 2.27. The molecular formula is C12H26N2O. The maximum atomic E-state index is 5.35. The Morgan fingerprint density at radius 1 is 1.33 bits per heavy atom. The van der Waals surface area contributed by atoms with Crippen molar-refractivity contribution >= 4 is 0 Å². The van der Waals surface area contributed by atoms with Gasteiger partial charge in [-0.3, -0.25) is 0 Å². The number of ether oxygens (including phenoxy) is 1. The van der Waals surface area contributed by atoms with Crippen LogP contribution in [0.5, 0.6) is 0 Å². The number of piperidine rings is 1. The van der Waals surface area contributed by atoms with E-state index in [1.807, 2.05) is 0 Å². The standard InChI is InChI=1S/C12H26N2O/c1-4-15-11-5-8-14-9-6-12(2,13-3)7-10-14/h13H,4-11H2,1-3H3. The normalized spacial score (nSPS) is 21.8. The monoisotopic (exact) mass is 214 g/mol. The minimum atomic E-state index is 0.371. The van der Waals surface area contributed by atoms with Gasteiger partial charge in [0.1, 0.15) is 0 Å². The second-order valence-corrected chi connectivity index (χ2v) is 4.70. The van der Waals surface area contributed by atoms with Crippen molar-refractivity contribution in [1.82, 2.24) is 10.2 Å². The molecule has 3 heteroatoms. The van der Waals surface area contributed by atoms with E-state index in [1.54, 1.807) is 0 Å². The van der Waals surface area contributed by atoms with Crippen LogP contribution in [-0.4, -0.2) is 50.3 Å². The van der Waals surface area contributed by atoms with Crippen molar-refractivity contribution in [2.24, 2.45) is 0 Å². The lowest BCUT2D eigenvalue weighted by atomic mass is 9.90. The van der Waals surface area contributed by atoms with Gasteiger partial charge in [-0.2, -0.15) is 0 Å². The van der Waals surface area contributed by atoms with Gasteiger partial charge in [-0.1, -0.05) is 0 Å². The molecule has 0 aromatic rings. The molecule has 1 aliphatic heterocycles. The smallest absolute Gasteiger partial charge is 0.0478 e. The van der Waals surface area contributed by atoms with E-state index < -0.39 is 0 Å². The Bertz CT molecular complexity index is 165. The van der Waals surface area contributed by atoms with Crippen molar-refractivity contribution in [3.63, 3.8) is 0 Å². The highest BCUT2D eigenvalue weighted by atomic mass is 16.5. The maximum absolute atomic E-state index is 5.35. The summed E-state index contributed by atoms with van der Waals surface area (Å²) in [6.07, 6.45) is 3.69. The van der Waals surface area contributed by atoms with E-state index in [4.69, 9.17) is 4.74 Å². The van der Waals surface area contributed by atoms with Crippen molar-refractivity contribution in [1.29, 1.82) is 0 Å². The SMILES string of the molecule is CCOCCCN1CCC(C)(NC)CC1. The van der Waals surface area contributed by atoms with E-state index in [0.29, 0.717) is 5.54 Å². The minimum Gasteiger partial charge on any atom is -0.382 e. The molecule has 0 saturated carbocycles. The minimum absolute atomic E-state index is 0.371. The first kappa shape index (κ1) is 12.9. The van der Waals surface area contributed by atoms with Gasteiger partial charge >= 0.3 is 0 Å². The second kappa shape index (κ2) is 6.46. The molecule has 0 aliphatic carbocycles. The molecular weight excluding hydrogens is 188 g/mol. The number of likely N-dealkylation sites (tertiary alicyclic amines) is 1. The average molecular weight is 214 g/mol. The third-order valence-corrected chi connectivity index (χ3v) is 3.53. The predicted molar refractivity (Wildman–Crippen MR) is 64.2 cm³/mol. The summed E-state index contributed by atoms with van der Waals surface area (Å²) in [5, 5.41) is 3.43. The van der Waals surface area contributed by atoms with Crippen LogP contribution in [0.25, 0.3) is 0 Å². The fraction of sp³-hybridized carbons (Fsp3) is 1.00. The first-order valence-corrected chi connectivity index (χ1v) is 6.19. The Morgan fingerprint density at radius 3 is 2.53 bits per heavy atom. The van der Waals surface area contributed by atoms with Gasteiger partial charge in [0.05, 0.1) is 0 Å². The molecule has 3 nitrogen and oxygen atoms in total. The zero-order valence-electron chi connectivity index (χ0n) is 10.5. The summed E-state index contributed by atoms with van der Waals surface area (Å²) in [5.74, 6) is 0. The zero-order chi connectivity index (χ0) is 11.1. The summed E-state index contributed by atoms with van der Waals surface area (Å²) >= 11 is 0. The summed E-state index contributed by atoms with van der Waals surface area (Å²) in [4.78, 5) is 2.55. The molecule has 1 aliphatic rings. The lowest BCUT2D eigenvalue weighted by molar-refractivity contribution is 0.112. The molecule has 15 heavy (non-hydrogen) atoms. The van der Waals surface area contributed by atoms with Gasteiger partial charge < -0.3 is 15.0 Å². The van der Waals surface area contributed by atoms with E-state index in [9.17, 15) is 0 Å². The van der Waals surface area contributed by atoms with Gasteiger partial charge in [-0.05, 0) is 53.2 Å². The molecule has 1 N–H and O–H groups in total. The molecule has 90 valence electrons. The first-order chi connectivity index (χ1) is 7.20. The summed E-state index contributed by atoms with van der Waals surface area (Å²) in [6.45, 7) is 9.78. The Morgan fingerprint density at radius 2 is 2.00 bits per heavy atom. The van der Waals surface area contributed by atoms with Crippen molar-refractivity contribution in [3.8, 4) is 0 Å². The highest BCUT2D eigenvalue weighted by molar-refractivity contribution is 4.87. The van der Waals surface area contributed by atoms with E-state index in [-0.39, 0.29) is 0 Å². The molecule has 1 fully saturated rings. The lowest BCUT2D eigenvalue weighted by Gasteiger charge is -2.39. The van der Waals surface area contributed by atoms with Crippen LogP contribution in [0.1, 0.15) is 33.1 Å². The Hall–Kier alpha value is -0.120. The molecule has 0 bridgehead atoms. The van der Waals surface area contributed by atoms with Gasteiger partial charge in [-0.25, -0.2) is 0 Å². The van der Waals surface area contributed by atoms with Crippen LogP contribution >= 0.6 is 0 Å². The molecule has 1 rings (SSSR count). The van der Waals surface area contributed by atoms with E-state index in [0.717, 1.165) is 13.2 Å².